The second kappa shape index (κ2) is 9.00. The summed E-state index contributed by atoms with van der Waals surface area (Å²) in [6.45, 7) is 2.12. The fourth-order valence-corrected chi connectivity index (χ4v) is 4.54. The highest BCUT2D eigenvalue weighted by atomic mass is 19.1. The third-order valence-electron chi connectivity index (χ3n) is 6.29. The predicted molar refractivity (Wildman–Crippen MR) is 116 cm³/mol. The van der Waals surface area contributed by atoms with Crippen LogP contribution in [0.15, 0.2) is 48.5 Å². The van der Waals surface area contributed by atoms with Crippen LogP contribution in [0.4, 0.5) is 10.1 Å². The van der Waals surface area contributed by atoms with Crippen LogP contribution in [-0.2, 0) is 20.9 Å². The summed E-state index contributed by atoms with van der Waals surface area (Å²) in [5.41, 5.74) is 2.29. The van der Waals surface area contributed by atoms with E-state index in [0.29, 0.717) is 5.69 Å². The van der Waals surface area contributed by atoms with Gasteiger partial charge in [0.2, 0.25) is 11.8 Å². The van der Waals surface area contributed by atoms with Gasteiger partial charge in [0.25, 0.3) is 5.91 Å². The van der Waals surface area contributed by atoms with Crippen LogP contribution in [0.25, 0.3) is 0 Å². The first-order valence-electron chi connectivity index (χ1n) is 10.9. The second-order valence-corrected chi connectivity index (χ2v) is 8.55. The van der Waals surface area contributed by atoms with Crippen molar-refractivity contribution in [3.8, 4) is 0 Å². The number of rotatable bonds is 5. The zero-order valence-corrected chi connectivity index (χ0v) is 17.7. The van der Waals surface area contributed by atoms with E-state index in [-0.39, 0.29) is 42.4 Å². The van der Waals surface area contributed by atoms with Crippen LogP contribution in [-0.4, -0.2) is 28.7 Å². The van der Waals surface area contributed by atoms with Gasteiger partial charge in [0.05, 0.1) is 12.1 Å². The molecule has 0 N–H and O–H groups in total. The van der Waals surface area contributed by atoms with E-state index >= 15 is 0 Å². The third kappa shape index (κ3) is 4.53. The lowest BCUT2D eigenvalue weighted by atomic mass is 9.87. The maximum absolute atomic E-state index is 13.5. The molecular weight excluding hydrogens is 395 g/mol. The molecule has 2 fully saturated rings. The van der Waals surface area contributed by atoms with Crippen molar-refractivity contribution >= 4 is 23.4 Å². The summed E-state index contributed by atoms with van der Waals surface area (Å²) in [7, 11) is 0. The standard InChI is InChI=1S/C25H27FN2O3/c1-17-7-13-21(14-8-17)28-23(29)15-22(25(28)31)27(16-18-9-11-20(26)12-10-18)24(30)19-5-3-2-4-6-19/h7-14,19,22H,2-6,15-16H2,1H3. The summed E-state index contributed by atoms with van der Waals surface area (Å²) in [5, 5.41) is 0. The molecule has 5 nitrogen and oxygen atoms in total. The molecule has 31 heavy (non-hydrogen) atoms. The van der Waals surface area contributed by atoms with Crippen LogP contribution in [0.3, 0.4) is 0 Å². The molecule has 0 bridgehead atoms. The van der Waals surface area contributed by atoms with Crippen LogP contribution in [0.5, 0.6) is 0 Å². The van der Waals surface area contributed by atoms with E-state index in [1.165, 1.54) is 17.0 Å². The highest BCUT2D eigenvalue weighted by molar-refractivity contribution is 6.23. The van der Waals surface area contributed by atoms with Crippen molar-refractivity contribution < 1.29 is 18.8 Å². The van der Waals surface area contributed by atoms with E-state index in [4.69, 9.17) is 0 Å². The average molecular weight is 423 g/mol. The van der Waals surface area contributed by atoms with E-state index in [1.54, 1.807) is 29.2 Å². The molecule has 6 heteroatoms. The van der Waals surface area contributed by atoms with Gasteiger partial charge in [-0.1, -0.05) is 49.1 Å². The largest absolute Gasteiger partial charge is 0.326 e. The Morgan fingerprint density at radius 3 is 2.29 bits per heavy atom. The molecule has 0 spiro atoms. The predicted octanol–water partition coefficient (Wildman–Crippen LogP) is 4.38. The average Bonchev–Trinajstić information content (AvgIpc) is 3.08. The number of hydrogen-bond donors (Lipinski definition) is 0. The molecular formula is C25H27FN2O3. The number of nitrogens with zero attached hydrogens (tertiary/aromatic N) is 2. The molecule has 4 rings (SSSR count). The van der Waals surface area contributed by atoms with Crippen LogP contribution in [0.1, 0.15) is 49.7 Å². The van der Waals surface area contributed by atoms with E-state index in [1.807, 2.05) is 19.1 Å². The normalized spacial score (nSPS) is 19.7. The van der Waals surface area contributed by atoms with Crippen molar-refractivity contribution in [1.29, 1.82) is 0 Å². The molecule has 0 radical (unpaired) electrons. The molecule has 1 aliphatic carbocycles. The number of imide groups is 1. The summed E-state index contributed by atoms with van der Waals surface area (Å²) in [6, 6.07) is 12.3. The number of anilines is 1. The molecule has 2 aromatic rings. The highest BCUT2D eigenvalue weighted by Crippen LogP contribution is 2.31. The molecule has 1 aliphatic heterocycles. The SMILES string of the molecule is Cc1ccc(N2C(=O)CC(N(Cc3ccc(F)cc3)C(=O)C3CCCCC3)C2=O)cc1. The number of carbonyl (C=O) groups is 3. The van der Waals surface area contributed by atoms with Crippen LogP contribution < -0.4 is 4.90 Å². The molecule has 1 saturated carbocycles. The molecule has 1 saturated heterocycles. The number of aryl methyl sites for hydroxylation is 1. The summed E-state index contributed by atoms with van der Waals surface area (Å²) in [5.74, 6) is -1.25. The lowest BCUT2D eigenvalue weighted by Crippen LogP contribution is -2.47. The van der Waals surface area contributed by atoms with Gasteiger partial charge >= 0.3 is 0 Å². The fourth-order valence-electron chi connectivity index (χ4n) is 4.54. The van der Waals surface area contributed by atoms with E-state index in [0.717, 1.165) is 43.2 Å². The van der Waals surface area contributed by atoms with E-state index in [2.05, 4.69) is 0 Å². The first-order chi connectivity index (χ1) is 14.9. The Labute approximate surface area is 181 Å². The van der Waals surface area contributed by atoms with Gasteiger partial charge in [0.15, 0.2) is 0 Å². The summed E-state index contributed by atoms with van der Waals surface area (Å²) in [6.07, 6.45) is 4.67. The van der Waals surface area contributed by atoms with Gasteiger partial charge < -0.3 is 4.90 Å². The molecule has 1 unspecified atom stereocenters. The Morgan fingerprint density at radius 1 is 1.00 bits per heavy atom. The van der Waals surface area contributed by atoms with Gasteiger partial charge in [0, 0.05) is 12.5 Å². The smallest absolute Gasteiger partial charge is 0.257 e. The first kappa shape index (κ1) is 21.2. The topological polar surface area (TPSA) is 57.7 Å². The fraction of sp³-hybridized carbons (Fsp3) is 0.400. The monoisotopic (exact) mass is 422 g/mol. The molecule has 1 atom stereocenters. The summed E-state index contributed by atoms with van der Waals surface area (Å²) < 4.78 is 13.4. The molecule has 162 valence electrons. The minimum atomic E-state index is -0.840. The van der Waals surface area contributed by atoms with Crippen molar-refractivity contribution in [3.63, 3.8) is 0 Å². The maximum Gasteiger partial charge on any atom is 0.257 e. The van der Waals surface area contributed by atoms with Gasteiger partial charge in [-0.05, 0) is 49.6 Å². The zero-order chi connectivity index (χ0) is 22.0. The van der Waals surface area contributed by atoms with Crippen LogP contribution >= 0.6 is 0 Å². The molecule has 1 heterocycles. The third-order valence-corrected chi connectivity index (χ3v) is 6.29. The van der Waals surface area contributed by atoms with Crippen LogP contribution in [0, 0.1) is 18.7 Å². The number of amides is 3. The second-order valence-electron chi connectivity index (χ2n) is 8.55. The highest BCUT2D eigenvalue weighted by Gasteiger charge is 2.45. The lowest BCUT2D eigenvalue weighted by Gasteiger charge is -2.32. The molecule has 0 aromatic heterocycles. The molecule has 3 amide bonds. The van der Waals surface area contributed by atoms with Crippen molar-refractivity contribution in [3.05, 3.63) is 65.5 Å². The Hall–Kier alpha value is -3.02. The summed E-state index contributed by atoms with van der Waals surface area (Å²) in [4.78, 5) is 42.3. The quantitative estimate of drug-likeness (QED) is 0.672. The van der Waals surface area contributed by atoms with Gasteiger partial charge in [-0.25, -0.2) is 9.29 Å². The summed E-state index contributed by atoms with van der Waals surface area (Å²) >= 11 is 0. The lowest BCUT2D eigenvalue weighted by molar-refractivity contribution is -0.143. The molecule has 2 aromatic carbocycles. The van der Waals surface area contributed by atoms with Gasteiger partial charge in [-0.2, -0.15) is 0 Å². The Bertz CT molecular complexity index is 965. The van der Waals surface area contributed by atoms with E-state index < -0.39 is 6.04 Å². The number of carbonyl (C=O) groups excluding carboxylic acids is 3. The Kier molecular flexibility index (Phi) is 6.16. The number of benzene rings is 2. The minimum absolute atomic E-state index is 0.0354. The van der Waals surface area contributed by atoms with Crippen LogP contribution in [0.2, 0.25) is 0 Å². The number of hydrogen-bond acceptors (Lipinski definition) is 3. The minimum Gasteiger partial charge on any atom is -0.326 e. The Morgan fingerprint density at radius 2 is 1.65 bits per heavy atom. The number of halogens is 1. The van der Waals surface area contributed by atoms with Crippen molar-refractivity contribution in [2.75, 3.05) is 4.90 Å². The van der Waals surface area contributed by atoms with Gasteiger partial charge in [-0.3, -0.25) is 14.4 Å². The first-order valence-corrected chi connectivity index (χ1v) is 10.9. The van der Waals surface area contributed by atoms with E-state index in [9.17, 15) is 18.8 Å². The van der Waals surface area contributed by atoms with Crippen molar-refractivity contribution in [2.45, 2.75) is 58.0 Å². The Balaban J connectivity index is 1.62. The van der Waals surface area contributed by atoms with Gasteiger partial charge in [-0.15, -0.1) is 0 Å². The maximum atomic E-state index is 13.5. The molecule has 2 aliphatic rings. The zero-order valence-electron chi connectivity index (χ0n) is 17.7. The van der Waals surface area contributed by atoms with Gasteiger partial charge in [0.1, 0.15) is 11.9 Å². The van der Waals surface area contributed by atoms with Crippen molar-refractivity contribution in [2.24, 2.45) is 5.92 Å². The van der Waals surface area contributed by atoms with Crippen molar-refractivity contribution in [1.82, 2.24) is 4.90 Å².